The molecule has 1 fully saturated rings. The summed E-state index contributed by atoms with van der Waals surface area (Å²) in [5, 5.41) is 2.19. The van der Waals surface area contributed by atoms with Gasteiger partial charge in [0.15, 0.2) is 6.61 Å². The quantitative estimate of drug-likeness (QED) is 0.479. The van der Waals surface area contributed by atoms with Crippen molar-refractivity contribution in [2.45, 2.75) is 0 Å². The molecule has 0 bridgehead atoms. The summed E-state index contributed by atoms with van der Waals surface area (Å²) in [4.78, 5) is 49.5. The van der Waals surface area contributed by atoms with Crippen LogP contribution in [-0.2, 0) is 14.3 Å². The highest BCUT2D eigenvalue weighted by Gasteiger charge is 2.34. The van der Waals surface area contributed by atoms with Gasteiger partial charge in [0.1, 0.15) is 11.6 Å². The molecule has 0 spiro atoms. The first kappa shape index (κ1) is 23.0. The summed E-state index contributed by atoms with van der Waals surface area (Å²) in [6.07, 6.45) is 1.52. The summed E-state index contributed by atoms with van der Waals surface area (Å²) < 4.78 is 22.8. The van der Waals surface area contributed by atoms with E-state index < -0.39 is 28.8 Å². The number of hydrogen-bond donors (Lipinski definition) is 1. The van der Waals surface area contributed by atoms with Gasteiger partial charge in [-0.05, 0) is 53.7 Å². The van der Waals surface area contributed by atoms with E-state index in [4.69, 9.17) is 4.74 Å². The van der Waals surface area contributed by atoms with Crippen LogP contribution in [0, 0.1) is 5.82 Å². The van der Waals surface area contributed by atoms with E-state index in [1.54, 1.807) is 18.2 Å². The Bertz CT molecular complexity index is 1070. The molecule has 3 rings (SSSR count). The third-order valence-corrected chi connectivity index (χ3v) is 5.25. The fourth-order valence-electron chi connectivity index (χ4n) is 2.71. The number of esters is 1. The number of carbonyl (C=O) groups is 4. The second-order valence-electron chi connectivity index (χ2n) is 6.53. The van der Waals surface area contributed by atoms with Crippen LogP contribution < -0.4 is 10.1 Å². The molecule has 32 heavy (non-hydrogen) atoms. The summed E-state index contributed by atoms with van der Waals surface area (Å²) in [7, 11) is 1.24. The zero-order chi connectivity index (χ0) is 23.1. The molecule has 3 amide bonds. The molecule has 8 nitrogen and oxygen atoms in total. The van der Waals surface area contributed by atoms with E-state index in [1.165, 1.54) is 43.5 Å². The minimum Gasteiger partial charge on any atom is -0.482 e. The van der Waals surface area contributed by atoms with Crippen LogP contribution in [0.15, 0.2) is 53.4 Å². The van der Waals surface area contributed by atoms with Crippen molar-refractivity contribution in [3.8, 4) is 5.75 Å². The molecule has 0 aromatic heterocycles. The van der Waals surface area contributed by atoms with Crippen LogP contribution in [0.5, 0.6) is 5.75 Å². The molecule has 1 saturated heterocycles. The second kappa shape index (κ2) is 10.6. The molecule has 0 atom stereocenters. The van der Waals surface area contributed by atoms with Crippen LogP contribution in [-0.4, -0.2) is 54.7 Å². The molecule has 2 aromatic rings. The molecule has 1 aliphatic heterocycles. The van der Waals surface area contributed by atoms with Gasteiger partial charge in [0.2, 0.25) is 0 Å². The summed E-state index contributed by atoms with van der Waals surface area (Å²) in [6.45, 7) is -0.240. The average molecular weight is 458 g/mol. The fraction of sp³-hybridized carbons (Fsp3) is 0.182. The van der Waals surface area contributed by atoms with Crippen molar-refractivity contribution in [2.24, 2.45) is 0 Å². The molecule has 2 aromatic carbocycles. The van der Waals surface area contributed by atoms with E-state index in [0.29, 0.717) is 11.3 Å². The van der Waals surface area contributed by atoms with Crippen molar-refractivity contribution < 1.29 is 33.0 Å². The first-order valence-electron chi connectivity index (χ1n) is 9.46. The number of thioether (sulfide) groups is 1. The van der Waals surface area contributed by atoms with Gasteiger partial charge in [-0.15, -0.1) is 0 Å². The summed E-state index contributed by atoms with van der Waals surface area (Å²) in [5.74, 6) is -1.53. The average Bonchev–Trinajstić information content (AvgIpc) is 3.06. The van der Waals surface area contributed by atoms with Gasteiger partial charge in [-0.25, -0.2) is 9.18 Å². The molecule has 1 aliphatic rings. The fourth-order valence-corrected chi connectivity index (χ4v) is 3.58. The molecule has 0 radical (unpaired) electrons. The maximum absolute atomic E-state index is 13.0. The summed E-state index contributed by atoms with van der Waals surface area (Å²) in [6, 6.07) is 11.8. The molecular formula is C22H19FN2O6S. The highest BCUT2D eigenvalue weighted by atomic mass is 32.2. The van der Waals surface area contributed by atoms with Crippen molar-refractivity contribution in [1.82, 2.24) is 10.2 Å². The Labute approximate surface area is 187 Å². The predicted octanol–water partition coefficient (Wildman–Crippen LogP) is 2.84. The lowest BCUT2D eigenvalue weighted by atomic mass is 10.2. The van der Waals surface area contributed by atoms with Crippen LogP contribution in [0.25, 0.3) is 6.08 Å². The number of benzene rings is 2. The first-order valence-corrected chi connectivity index (χ1v) is 10.3. The van der Waals surface area contributed by atoms with Gasteiger partial charge in [0.25, 0.3) is 17.1 Å². The Morgan fingerprint density at radius 2 is 1.91 bits per heavy atom. The minimum atomic E-state index is -0.550. The summed E-state index contributed by atoms with van der Waals surface area (Å²) in [5.41, 5.74) is 0.886. The van der Waals surface area contributed by atoms with E-state index in [1.807, 2.05) is 0 Å². The molecule has 1 heterocycles. The highest BCUT2D eigenvalue weighted by Crippen LogP contribution is 2.31. The van der Waals surface area contributed by atoms with Gasteiger partial charge in [-0.2, -0.15) is 0 Å². The maximum atomic E-state index is 13.0. The monoisotopic (exact) mass is 458 g/mol. The number of nitrogens with one attached hydrogen (secondary N) is 1. The smallest absolute Gasteiger partial charge is 0.343 e. The predicted molar refractivity (Wildman–Crippen MR) is 115 cm³/mol. The second-order valence-corrected chi connectivity index (χ2v) is 7.53. The van der Waals surface area contributed by atoms with E-state index in [2.05, 4.69) is 10.1 Å². The third kappa shape index (κ3) is 5.94. The number of carbonyl (C=O) groups excluding carboxylic acids is 4. The SMILES string of the molecule is COC(=O)COc1cccc(C(=O)NCCN2C(=O)S/C(=C/c3ccc(F)cc3)C2=O)c1. The highest BCUT2D eigenvalue weighted by molar-refractivity contribution is 8.18. The van der Waals surface area contributed by atoms with Crippen LogP contribution >= 0.6 is 11.8 Å². The minimum absolute atomic E-state index is 0.00427. The molecule has 0 unspecified atom stereocenters. The number of nitrogens with zero attached hydrogens (tertiary/aromatic N) is 1. The van der Waals surface area contributed by atoms with E-state index in [-0.39, 0.29) is 30.2 Å². The van der Waals surface area contributed by atoms with Gasteiger partial charge in [0, 0.05) is 18.7 Å². The topological polar surface area (TPSA) is 102 Å². The Balaban J connectivity index is 1.54. The molecular weight excluding hydrogens is 439 g/mol. The maximum Gasteiger partial charge on any atom is 0.343 e. The number of imide groups is 1. The number of halogens is 1. The van der Waals surface area contributed by atoms with Crippen molar-refractivity contribution in [1.29, 1.82) is 0 Å². The van der Waals surface area contributed by atoms with Crippen LogP contribution in [0.4, 0.5) is 9.18 Å². The van der Waals surface area contributed by atoms with Crippen LogP contribution in [0.1, 0.15) is 15.9 Å². The molecule has 166 valence electrons. The Hall–Kier alpha value is -3.66. The van der Waals surface area contributed by atoms with Gasteiger partial charge < -0.3 is 14.8 Å². The molecule has 10 heteroatoms. The normalized spacial score (nSPS) is 14.6. The van der Waals surface area contributed by atoms with Gasteiger partial charge in [0.05, 0.1) is 12.0 Å². The van der Waals surface area contributed by atoms with Crippen LogP contribution in [0.2, 0.25) is 0 Å². The lowest BCUT2D eigenvalue weighted by Crippen LogP contribution is -2.37. The van der Waals surface area contributed by atoms with Gasteiger partial charge in [-0.1, -0.05) is 18.2 Å². The number of rotatable bonds is 8. The number of hydrogen-bond acceptors (Lipinski definition) is 7. The molecule has 0 aliphatic carbocycles. The molecule has 0 saturated carbocycles. The van der Waals surface area contributed by atoms with E-state index >= 15 is 0 Å². The largest absolute Gasteiger partial charge is 0.482 e. The van der Waals surface area contributed by atoms with Gasteiger partial charge >= 0.3 is 5.97 Å². The zero-order valence-electron chi connectivity index (χ0n) is 17.0. The first-order chi connectivity index (χ1) is 15.4. The lowest BCUT2D eigenvalue weighted by molar-refractivity contribution is -0.142. The Morgan fingerprint density at radius 3 is 2.62 bits per heavy atom. The zero-order valence-corrected chi connectivity index (χ0v) is 17.8. The van der Waals surface area contributed by atoms with Crippen molar-refractivity contribution in [3.63, 3.8) is 0 Å². The van der Waals surface area contributed by atoms with Crippen molar-refractivity contribution in [3.05, 3.63) is 70.4 Å². The third-order valence-electron chi connectivity index (χ3n) is 4.34. The van der Waals surface area contributed by atoms with Crippen molar-refractivity contribution >= 4 is 40.9 Å². The number of amides is 3. The van der Waals surface area contributed by atoms with Gasteiger partial charge in [-0.3, -0.25) is 19.3 Å². The van der Waals surface area contributed by atoms with Crippen LogP contribution in [0.3, 0.4) is 0 Å². The lowest BCUT2D eigenvalue weighted by Gasteiger charge is -2.13. The Morgan fingerprint density at radius 1 is 1.16 bits per heavy atom. The number of ether oxygens (including phenoxy) is 2. The summed E-state index contributed by atoms with van der Waals surface area (Å²) >= 11 is 0.785. The number of methoxy groups -OCH3 is 1. The molecule has 1 N–H and O–H groups in total. The Kier molecular flexibility index (Phi) is 7.61. The van der Waals surface area contributed by atoms with E-state index in [9.17, 15) is 23.6 Å². The standard InChI is InChI=1S/C22H19FN2O6S/c1-30-19(26)13-31-17-4-2-3-15(12-17)20(27)24-9-10-25-21(28)18(32-22(25)29)11-14-5-7-16(23)8-6-14/h2-8,11-12H,9-10,13H2,1H3,(H,24,27)/b18-11+. The van der Waals surface area contributed by atoms with Crippen molar-refractivity contribution in [2.75, 3.05) is 26.8 Å². The van der Waals surface area contributed by atoms with E-state index in [0.717, 1.165) is 16.7 Å².